The summed E-state index contributed by atoms with van der Waals surface area (Å²) in [5.41, 5.74) is -0.533. The van der Waals surface area contributed by atoms with Gasteiger partial charge in [-0.3, -0.25) is 9.59 Å². The van der Waals surface area contributed by atoms with Crippen LogP contribution in [0.2, 0.25) is 0 Å². The van der Waals surface area contributed by atoms with Crippen LogP contribution in [-0.2, 0) is 15.8 Å². The van der Waals surface area contributed by atoms with Gasteiger partial charge in [0.05, 0.1) is 11.7 Å². The van der Waals surface area contributed by atoms with Crippen LogP contribution >= 0.6 is 11.8 Å². The molecule has 0 saturated carbocycles. The molecule has 0 aliphatic rings. The third-order valence-electron chi connectivity index (χ3n) is 3.61. The first-order chi connectivity index (χ1) is 12.7. The number of aliphatic hydroxyl groups excluding tert-OH is 1. The molecule has 0 fully saturated rings. The first-order valence-corrected chi connectivity index (χ1v) is 9.01. The number of rotatable bonds is 5. The third kappa shape index (κ3) is 6.00. The quantitative estimate of drug-likeness (QED) is 0.534. The molecule has 2 amide bonds. The Morgan fingerprint density at radius 2 is 1.78 bits per heavy atom. The van der Waals surface area contributed by atoms with Crippen LogP contribution in [0.25, 0.3) is 0 Å². The summed E-state index contributed by atoms with van der Waals surface area (Å²) in [5.74, 6) is -2.19. The van der Waals surface area contributed by atoms with E-state index in [1.54, 1.807) is 12.1 Å². The van der Waals surface area contributed by atoms with Gasteiger partial charge in [-0.05, 0) is 42.2 Å². The Morgan fingerprint density at radius 1 is 1.11 bits per heavy atom. The molecular formula is C18H17F3N2O3S. The molecule has 0 heterocycles. The van der Waals surface area contributed by atoms with E-state index in [4.69, 9.17) is 0 Å². The number of anilines is 1. The molecule has 2 aromatic carbocycles. The molecule has 0 spiro atoms. The maximum absolute atomic E-state index is 12.7. The summed E-state index contributed by atoms with van der Waals surface area (Å²) < 4.78 is 38.0. The Kier molecular flexibility index (Phi) is 6.86. The lowest BCUT2D eigenvalue weighted by Crippen LogP contribution is -2.37. The van der Waals surface area contributed by atoms with Crippen LogP contribution in [0.3, 0.4) is 0 Å². The summed E-state index contributed by atoms with van der Waals surface area (Å²) in [6, 6.07) is 11.0. The van der Waals surface area contributed by atoms with Gasteiger partial charge in [0.15, 0.2) is 0 Å². The Labute approximate surface area is 158 Å². The molecule has 0 radical (unpaired) electrons. The van der Waals surface area contributed by atoms with Crippen LogP contribution in [0.5, 0.6) is 0 Å². The van der Waals surface area contributed by atoms with Crippen molar-refractivity contribution in [3.63, 3.8) is 0 Å². The largest absolute Gasteiger partial charge is 0.416 e. The molecule has 9 heteroatoms. The molecule has 3 N–H and O–H groups in total. The summed E-state index contributed by atoms with van der Waals surface area (Å²) >= 11 is 1.54. The molecule has 0 bridgehead atoms. The van der Waals surface area contributed by atoms with E-state index in [2.05, 4.69) is 10.6 Å². The van der Waals surface area contributed by atoms with E-state index in [9.17, 15) is 27.9 Å². The minimum absolute atomic E-state index is 0.154. The van der Waals surface area contributed by atoms with Crippen LogP contribution in [0.15, 0.2) is 53.4 Å². The summed E-state index contributed by atoms with van der Waals surface area (Å²) in [4.78, 5) is 24.6. The Balaban J connectivity index is 1.91. The average Bonchev–Trinajstić information content (AvgIpc) is 2.65. The smallest absolute Gasteiger partial charge is 0.387 e. The zero-order valence-electron chi connectivity index (χ0n) is 14.2. The maximum atomic E-state index is 12.7. The SMILES string of the molecule is CSc1ccc(C(O)CNC(=O)C(=O)Nc2cccc(C(F)(F)F)c2)cc1. The van der Waals surface area contributed by atoms with Gasteiger partial charge in [0.25, 0.3) is 0 Å². The number of hydrogen-bond donors (Lipinski definition) is 3. The van der Waals surface area contributed by atoms with Crippen molar-refractivity contribution in [1.82, 2.24) is 5.32 Å². The molecule has 0 aliphatic heterocycles. The normalized spacial score (nSPS) is 12.3. The minimum Gasteiger partial charge on any atom is -0.387 e. The van der Waals surface area contributed by atoms with Crippen molar-refractivity contribution in [2.45, 2.75) is 17.2 Å². The predicted molar refractivity (Wildman–Crippen MR) is 96.3 cm³/mol. The van der Waals surface area contributed by atoms with Gasteiger partial charge in [-0.1, -0.05) is 18.2 Å². The first kappa shape index (κ1) is 20.8. The number of hydrogen-bond acceptors (Lipinski definition) is 4. The van der Waals surface area contributed by atoms with E-state index in [0.29, 0.717) is 5.56 Å². The maximum Gasteiger partial charge on any atom is 0.416 e. The molecule has 5 nitrogen and oxygen atoms in total. The van der Waals surface area contributed by atoms with Crippen LogP contribution < -0.4 is 10.6 Å². The van der Waals surface area contributed by atoms with Gasteiger partial charge in [0.1, 0.15) is 0 Å². The van der Waals surface area contributed by atoms with Gasteiger partial charge >= 0.3 is 18.0 Å². The van der Waals surface area contributed by atoms with E-state index in [0.717, 1.165) is 23.1 Å². The van der Waals surface area contributed by atoms with Gasteiger partial charge in [-0.25, -0.2) is 0 Å². The molecule has 144 valence electrons. The number of amides is 2. The fourth-order valence-corrected chi connectivity index (χ4v) is 2.58. The number of alkyl halides is 3. The van der Waals surface area contributed by atoms with Crippen LogP contribution in [0.4, 0.5) is 18.9 Å². The van der Waals surface area contributed by atoms with Gasteiger partial charge in [-0.15, -0.1) is 11.8 Å². The molecule has 1 atom stereocenters. The van der Waals surface area contributed by atoms with Crippen molar-refractivity contribution in [3.05, 3.63) is 59.7 Å². The summed E-state index contributed by atoms with van der Waals surface area (Å²) in [7, 11) is 0. The molecule has 0 aromatic heterocycles. The predicted octanol–water partition coefficient (Wildman–Crippen LogP) is 3.22. The van der Waals surface area contributed by atoms with Crippen molar-refractivity contribution in [2.75, 3.05) is 18.1 Å². The molecule has 0 saturated heterocycles. The van der Waals surface area contributed by atoms with E-state index in [-0.39, 0.29) is 12.2 Å². The van der Waals surface area contributed by atoms with Gasteiger partial charge in [-0.2, -0.15) is 13.2 Å². The van der Waals surface area contributed by atoms with Gasteiger partial charge < -0.3 is 15.7 Å². The molecule has 0 aliphatic carbocycles. The summed E-state index contributed by atoms with van der Waals surface area (Å²) in [6.45, 7) is -0.215. The fourth-order valence-electron chi connectivity index (χ4n) is 2.17. The van der Waals surface area contributed by atoms with E-state index in [1.165, 1.54) is 17.8 Å². The van der Waals surface area contributed by atoms with E-state index < -0.39 is 29.7 Å². The van der Waals surface area contributed by atoms with Crippen molar-refractivity contribution >= 4 is 29.3 Å². The summed E-state index contributed by atoms with van der Waals surface area (Å²) in [6.07, 6.45) is -3.67. The van der Waals surface area contributed by atoms with E-state index in [1.807, 2.05) is 18.4 Å². The number of carbonyl (C=O) groups is 2. The van der Waals surface area contributed by atoms with Gasteiger partial charge in [0, 0.05) is 17.1 Å². The highest BCUT2D eigenvalue weighted by Crippen LogP contribution is 2.30. The zero-order valence-corrected chi connectivity index (χ0v) is 15.0. The lowest BCUT2D eigenvalue weighted by molar-refractivity contribution is -0.137. The monoisotopic (exact) mass is 398 g/mol. The Morgan fingerprint density at radius 3 is 2.37 bits per heavy atom. The standard InChI is InChI=1S/C18H17F3N2O3S/c1-27-14-7-5-11(6-8-14)15(24)10-22-16(25)17(26)23-13-4-2-3-12(9-13)18(19,20)21/h2-9,15,24H,10H2,1H3,(H,22,25)(H,23,26). The number of halogens is 3. The first-order valence-electron chi connectivity index (χ1n) is 7.79. The molecule has 1 unspecified atom stereocenters. The van der Waals surface area contributed by atoms with Crippen LogP contribution in [-0.4, -0.2) is 29.7 Å². The second kappa shape index (κ2) is 8.92. The topological polar surface area (TPSA) is 78.4 Å². The fraction of sp³-hybridized carbons (Fsp3) is 0.222. The second-order valence-corrected chi connectivity index (χ2v) is 6.41. The highest BCUT2D eigenvalue weighted by atomic mass is 32.2. The van der Waals surface area contributed by atoms with Crippen molar-refractivity contribution < 1.29 is 27.9 Å². The highest BCUT2D eigenvalue weighted by molar-refractivity contribution is 7.98. The number of thioether (sulfide) groups is 1. The van der Waals surface area contributed by atoms with Crippen LogP contribution in [0.1, 0.15) is 17.2 Å². The molecule has 2 aromatic rings. The zero-order chi connectivity index (χ0) is 20.0. The number of benzene rings is 2. The lowest BCUT2D eigenvalue weighted by Gasteiger charge is -2.13. The third-order valence-corrected chi connectivity index (χ3v) is 4.35. The minimum atomic E-state index is -4.56. The molecule has 2 rings (SSSR count). The average molecular weight is 398 g/mol. The highest BCUT2D eigenvalue weighted by Gasteiger charge is 2.30. The second-order valence-electron chi connectivity index (χ2n) is 5.53. The number of aliphatic hydroxyl groups is 1. The van der Waals surface area contributed by atoms with Gasteiger partial charge in [0.2, 0.25) is 0 Å². The lowest BCUT2D eigenvalue weighted by atomic mass is 10.1. The Hall–Kier alpha value is -2.52. The van der Waals surface area contributed by atoms with Crippen molar-refractivity contribution in [3.8, 4) is 0 Å². The van der Waals surface area contributed by atoms with Crippen LogP contribution in [0, 0.1) is 0 Å². The molecule has 27 heavy (non-hydrogen) atoms. The number of nitrogens with one attached hydrogen (secondary N) is 2. The van der Waals surface area contributed by atoms with Crippen molar-refractivity contribution in [2.24, 2.45) is 0 Å². The summed E-state index contributed by atoms with van der Waals surface area (Å²) in [5, 5.41) is 14.4. The van der Waals surface area contributed by atoms with E-state index >= 15 is 0 Å². The molecular weight excluding hydrogens is 381 g/mol. The van der Waals surface area contributed by atoms with Crippen molar-refractivity contribution in [1.29, 1.82) is 0 Å². The Bertz CT molecular complexity index is 810. The number of carbonyl (C=O) groups excluding carboxylic acids is 2.